The first kappa shape index (κ1) is 12.4. The van der Waals surface area contributed by atoms with Crippen LogP contribution in [0.4, 0.5) is 0 Å². The second-order valence-electron chi connectivity index (χ2n) is 6.26. The predicted octanol–water partition coefficient (Wildman–Crippen LogP) is 2.49. The van der Waals surface area contributed by atoms with E-state index in [1.165, 1.54) is 32.2 Å². The molecule has 94 valence electrons. The summed E-state index contributed by atoms with van der Waals surface area (Å²) in [5, 5.41) is 3.47. The van der Waals surface area contributed by atoms with Gasteiger partial charge in [0.25, 0.3) is 0 Å². The molecule has 0 aromatic carbocycles. The maximum Gasteiger partial charge on any atom is 0.0114 e. The Morgan fingerprint density at radius 2 is 1.69 bits per heavy atom. The molecule has 0 aromatic rings. The Balaban J connectivity index is 1.93. The van der Waals surface area contributed by atoms with Crippen LogP contribution in [0.3, 0.4) is 0 Å². The molecule has 2 heterocycles. The van der Waals surface area contributed by atoms with Gasteiger partial charge in [-0.15, -0.1) is 0 Å². The lowest BCUT2D eigenvalue weighted by Gasteiger charge is -2.40. The molecule has 0 radical (unpaired) electrons. The lowest BCUT2D eigenvalue weighted by molar-refractivity contribution is 0.0933. The quantitative estimate of drug-likeness (QED) is 0.789. The molecule has 0 amide bonds. The first-order chi connectivity index (χ1) is 7.61. The zero-order valence-electron chi connectivity index (χ0n) is 11.4. The molecule has 3 unspecified atom stereocenters. The maximum atomic E-state index is 3.47. The SMILES string of the molecule is CNC1CC2CCC(C1)N2CC(C)C(C)C. The molecule has 2 fully saturated rings. The van der Waals surface area contributed by atoms with Crippen molar-refractivity contribution in [1.82, 2.24) is 10.2 Å². The van der Waals surface area contributed by atoms with E-state index in [0.29, 0.717) is 0 Å². The maximum absolute atomic E-state index is 3.47. The summed E-state index contributed by atoms with van der Waals surface area (Å²) in [6.45, 7) is 8.44. The van der Waals surface area contributed by atoms with Crippen molar-refractivity contribution in [3.8, 4) is 0 Å². The van der Waals surface area contributed by atoms with Crippen LogP contribution in [0.5, 0.6) is 0 Å². The van der Waals surface area contributed by atoms with E-state index in [4.69, 9.17) is 0 Å². The molecule has 2 nitrogen and oxygen atoms in total. The minimum atomic E-state index is 0.781. The molecule has 0 aliphatic carbocycles. The van der Waals surface area contributed by atoms with Crippen molar-refractivity contribution >= 4 is 0 Å². The average Bonchev–Trinajstić information content (AvgIpc) is 2.51. The summed E-state index contributed by atoms with van der Waals surface area (Å²) in [6.07, 6.45) is 5.62. The number of piperidine rings is 1. The van der Waals surface area contributed by atoms with E-state index < -0.39 is 0 Å². The number of hydrogen-bond acceptors (Lipinski definition) is 2. The normalized spacial score (nSPS) is 36.9. The standard InChI is InChI=1S/C14H28N2/c1-10(2)11(3)9-16-13-5-6-14(16)8-12(7-13)15-4/h10-15H,5-9H2,1-4H3. The van der Waals surface area contributed by atoms with Crippen LogP contribution in [0.1, 0.15) is 46.5 Å². The fraction of sp³-hybridized carbons (Fsp3) is 1.00. The van der Waals surface area contributed by atoms with Crippen molar-refractivity contribution in [2.75, 3.05) is 13.6 Å². The lowest BCUT2D eigenvalue weighted by Crippen LogP contribution is -2.49. The molecular weight excluding hydrogens is 196 g/mol. The predicted molar refractivity (Wildman–Crippen MR) is 69.6 cm³/mol. The van der Waals surface area contributed by atoms with Gasteiger partial charge in [-0.2, -0.15) is 0 Å². The summed E-state index contributed by atoms with van der Waals surface area (Å²) in [6, 6.07) is 2.53. The smallest absolute Gasteiger partial charge is 0.0114 e. The van der Waals surface area contributed by atoms with Gasteiger partial charge < -0.3 is 5.32 Å². The highest BCUT2D eigenvalue weighted by atomic mass is 15.2. The zero-order valence-corrected chi connectivity index (χ0v) is 11.4. The number of fused-ring (bicyclic) bond motifs is 2. The van der Waals surface area contributed by atoms with E-state index in [1.807, 2.05) is 0 Å². The third kappa shape index (κ3) is 2.43. The van der Waals surface area contributed by atoms with Crippen molar-refractivity contribution in [1.29, 1.82) is 0 Å². The third-order valence-electron chi connectivity index (χ3n) is 4.93. The first-order valence-electron chi connectivity index (χ1n) is 7.04. The highest BCUT2D eigenvalue weighted by Crippen LogP contribution is 2.36. The lowest BCUT2D eigenvalue weighted by atomic mass is 9.92. The van der Waals surface area contributed by atoms with Gasteiger partial charge >= 0.3 is 0 Å². The monoisotopic (exact) mass is 224 g/mol. The van der Waals surface area contributed by atoms with Gasteiger partial charge in [-0.1, -0.05) is 20.8 Å². The average molecular weight is 224 g/mol. The summed E-state index contributed by atoms with van der Waals surface area (Å²) in [5.74, 6) is 1.66. The Hall–Kier alpha value is -0.0800. The summed E-state index contributed by atoms with van der Waals surface area (Å²) >= 11 is 0. The van der Waals surface area contributed by atoms with E-state index in [2.05, 4.69) is 38.0 Å². The van der Waals surface area contributed by atoms with Gasteiger partial charge in [0.1, 0.15) is 0 Å². The molecule has 0 spiro atoms. The van der Waals surface area contributed by atoms with E-state index in [1.54, 1.807) is 0 Å². The van der Waals surface area contributed by atoms with E-state index in [0.717, 1.165) is 30.0 Å². The third-order valence-corrected chi connectivity index (χ3v) is 4.93. The summed E-state index contributed by atoms with van der Waals surface area (Å²) in [4.78, 5) is 2.82. The van der Waals surface area contributed by atoms with Gasteiger partial charge in [-0.25, -0.2) is 0 Å². The molecule has 2 rings (SSSR count). The molecular formula is C14H28N2. The number of nitrogens with one attached hydrogen (secondary N) is 1. The second kappa shape index (κ2) is 5.05. The van der Waals surface area contributed by atoms with Crippen LogP contribution in [-0.2, 0) is 0 Å². The Bertz CT molecular complexity index is 213. The van der Waals surface area contributed by atoms with Crippen LogP contribution in [0, 0.1) is 11.8 Å². The van der Waals surface area contributed by atoms with Crippen molar-refractivity contribution in [2.24, 2.45) is 11.8 Å². The van der Waals surface area contributed by atoms with Crippen molar-refractivity contribution in [3.63, 3.8) is 0 Å². The van der Waals surface area contributed by atoms with Gasteiger partial charge in [-0.05, 0) is 44.6 Å². The molecule has 2 aliphatic rings. The highest BCUT2D eigenvalue weighted by molar-refractivity contribution is 4.97. The van der Waals surface area contributed by atoms with Crippen LogP contribution in [0.25, 0.3) is 0 Å². The molecule has 0 aromatic heterocycles. The van der Waals surface area contributed by atoms with Gasteiger partial charge in [-0.3, -0.25) is 4.90 Å². The van der Waals surface area contributed by atoms with Crippen LogP contribution >= 0.6 is 0 Å². The first-order valence-corrected chi connectivity index (χ1v) is 7.04. The van der Waals surface area contributed by atoms with Crippen molar-refractivity contribution in [2.45, 2.75) is 64.6 Å². The summed E-state index contributed by atoms with van der Waals surface area (Å²) < 4.78 is 0. The van der Waals surface area contributed by atoms with E-state index in [9.17, 15) is 0 Å². The van der Waals surface area contributed by atoms with Crippen LogP contribution < -0.4 is 5.32 Å². The summed E-state index contributed by atoms with van der Waals surface area (Å²) in [5.41, 5.74) is 0. The number of hydrogen-bond donors (Lipinski definition) is 1. The Morgan fingerprint density at radius 3 is 2.12 bits per heavy atom. The molecule has 16 heavy (non-hydrogen) atoms. The fourth-order valence-corrected chi connectivity index (χ4v) is 3.35. The second-order valence-corrected chi connectivity index (χ2v) is 6.26. The molecule has 1 N–H and O–H groups in total. The topological polar surface area (TPSA) is 15.3 Å². The molecule has 2 heteroatoms. The largest absolute Gasteiger partial charge is 0.317 e. The van der Waals surface area contributed by atoms with Gasteiger partial charge in [0.05, 0.1) is 0 Å². The Morgan fingerprint density at radius 1 is 1.12 bits per heavy atom. The zero-order chi connectivity index (χ0) is 11.7. The van der Waals surface area contributed by atoms with Crippen molar-refractivity contribution < 1.29 is 0 Å². The molecule has 2 bridgehead atoms. The van der Waals surface area contributed by atoms with Gasteiger partial charge in [0.15, 0.2) is 0 Å². The van der Waals surface area contributed by atoms with Crippen LogP contribution in [0.2, 0.25) is 0 Å². The molecule has 2 aliphatic heterocycles. The Labute approximate surface area is 101 Å². The highest BCUT2D eigenvalue weighted by Gasteiger charge is 2.40. The van der Waals surface area contributed by atoms with Gasteiger partial charge in [0, 0.05) is 24.7 Å². The van der Waals surface area contributed by atoms with E-state index >= 15 is 0 Å². The van der Waals surface area contributed by atoms with Crippen molar-refractivity contribution in [3.05, 3.63) is 0 Å². The molecule has 2 saturated heterocycles. The summed E-state index contributed by atoms with van der Waals surface area (Å²) in [7, 11) is 2.12. The van der Waals surface area contributed by atoms with Gasteiger partial charge in [0.2, 0.25) is 0 Å². The molecule has 0 saturated carbocycles. The minimum absolute atomic E-state index is 0.781. The fourth-order valence-electron chi connectivity index (χ4n) is 3.35. The van der Waals surface area contributed by atoms with E-state index in [-0.39, 0.29) is 0 Å². The number of nitrogens with zero attached hydrogens (tertiary/aromatic N) is 1. The van der Waals surface area contributed by atoms with Crippen LogP contribution in [0.15, 0.2) is 0 Å². The number of rotatable bonds is 4. The van der Waals surface area contributed by atoms with Crippen LogP contribution in [-0.4, -0.2) is 36.6 Å². The Kier molecular flexibility index (Phi) is 3.91. The minimum Gasteiger partial charge on any atom is -0.317 e. The molecule has 3 atom stereocenters.